The summed E-state index contributed by atoms with van der Waals surface area (Å²) in [5, 5.41) is 12.0. The van der Waals surface area contributed by atoms with Crippen LogP contribution in [0.2, 0.25) is 0 Å². The normalized spacial score (nSPS) is 10.9. The van der Waals surface area contributed by atoms with Crippen LogP contribution in [0.15, 0.2) is 76.8 Å². The quantitative estimate of drug-likeness (QED) is 0.481. The summed E-state index contributed by atoms with van der Waals surface area (Å²) in [5.41, 5.74) is 2.02. The molecule has 142 valence electrons. The smallest absolute Gasteiger partial charge is 0.234 e. The number of aromatic nitrogens is 4. The molecule has 3 heterocycles. The first-order valence-corrected chi connectivity index (χ1v) is 9.87. The molecule has 0 unspecified atom stereocenters. The number of nitrogens with one attached hydrogen (secondary N) is 1. The second kappa shape index (κ2) is 8.18. The highest BCUT2D eigenvalue weighted by Crippen LogP contribution is 2.24. The number of rotatable bonds is 7. The van der Waals surface area contributed by atoms with E-state index in [0.29, 0.717) is 16.7 Å². The largest absolute Gasteiger partial charge is 0.461 e. The number of nitrogens with zero attached hydrogens (tertiary/aromatic N) is 4. The van der Waals surface area contributed by atoms with E-state index in [1.165, 1.54) is 17.3 Å². The lowest BCUT2D eigenvalue weighted by molar-refractivity contribution is -0.113. The molecule has 0 saturated heterocycles. The fourth-order valence-electron chi connectivity index (χ4n) is 2.73. The van der Waals surface area contributed by atoms with Crippen molar-refractivity contribution in [2.75, 3.05) is 11.1 Å². The molecule has 0 radical (unpaired) electrons. The summed E-state index contributed by atoms with van der Waals surface area (Å²) in [6, 6.07) is 15.3. The maximum Gasteiger partial charge on any atom is 0.234 e. The van der Waals surface area contributed by atoms with E-state index in [9.17, 15) is 4.79 Å². The molecule has 0 aliphatic rings. The maximum atomic E-state index is 12.4. The number of furan rings is 1. The molecule has 0 atom stereocenters. The predicted octanol–water partition coefficient (Wildman–Crippen LogP) is 3.94. The van der Waals surface area contributed by atoms with Gasteiger partial charge in [-0.05, 0) is 48.4 Å². The first kappa shape index (κ1) is 18.1. The fourth-order valence-corrected chi connectivity index (χ4v) is 3.47. The predicted molar refractivity (Wildman–Crippen MR) is 108 cm³/mol. The van der Waals surface area contributed by atoms with Gasteiger partial charge in [0.15, 0.2) is 5.76 Å². The lowest BCUT2D eigenvalue weighted by Crippen LogP contribution is -2.15. The van der Waals surface area contributed by atoms with Crippen LogP contribution >= 0.6 is 11.8 Å². The second-order valence-corrected chi connectivity index (χ2v) is 6.99. The summed E-state index contributed by atoms with van der Waals surface area (Å²) in [6.45, 7) is 2.10. The topological polar surface area (TPSA) is 77.9 Å². The van der Waals surface area contributed by atoms with Crippen LogP contribution in [0.4, 0.5) is 5.69 Å². The number of amides is 1. The minimum atomic E-state index is -0.101. The number of hydrogen-bond donors (Lipinski definition) is 1. The molecular formula is C20H19N5O2S. The number of hydrogen-bond acceptors (Lipinski definition) is 5. The average Bonchev–Trinajstić information content (AvgIpc) is 3.47. The zero-order valence-electron chi connectivity index (χ0n) is 15.3. The van der Waals surface area contributed by atoms with Crippen LogP contribution in [0.5, 0.6) is 0 Å². The number of carbonyl (C=O) groups excluding carboxylic acids is 1. The third-order valence-electron chi connectivity index (χ3n) is 4.15. The van der Waals surface area contributed by atoms with Gasteiger partial charge in [-0.25, -0.2) is 4.68 Å². The van der Waals surface area contributed by atoms with Gasteiger partial charge in [0.2, 0.25) is 16.9 Å². The van der Waals surface area contributed by atoms with E-state index in [1.54, 1.807) is 12.3 Å². The number of carbonyl (C=O) groups is 1. The van der Waals surface area contributed by atoms with Crippen LogP contribution in [0.25, 0.3) is 11.6 Å². The van der Waals surface area contributed by atoms with Gasteiger partial charge in [0, 0.05) is 18.1 Å². The molecule has 0 bridgehead atoms. The first-order valence-electron chi connectivity index (χ1n) is 8.89. The van der Waals surface area contributed by atoms with E-state index in [4.69, 9.17) is 4.42 Å². The van der Waals surface area contributed by atoms with Crippen molar-refractivity contribution in [3.8, 4) is 11.6 Å². The van der Waals surface area contributed by atoms with Crippen molar-refractivity contribution < 1.29 is 9.21 Å². The van der Waals surface area contributed by atoms with E-state index in [1.807, 2.05) is 64.2 Å². The number of benzene rings is 1. The SMILES string of the molecule is CCc1ccc(NC(=O)CSc2nnc(-c3ccco3)n2-n2cccc2)cc1. The Bertz CT molecular complexity index is 1040. The molecule has 0 spiro atoms. The molecule has 0 aliphatic heterocycles. The molecule has 4 aromatic rings. The number of anilines is 1. The van der Waals surface area contributed by atoms with Crippen LogP contribution in [-0.4, -0.2) is 31.2 Å². The summed E-state index contributed by atoms with van der Waals surface area (Å²) < 4.78 is 9.13. The Morgan fingerprint density at radius 1 is 1.11 bits per heavy atom. The molecule has 1 N–H and O–H groups in total. The van der Waals surface area contributed by atoms with Crippen molar-refractivity contribution in [2.24, 2.45) is 0 Å². The highest BCUT2D eigenvalue weighted by molar-refractivity contribution is 7.99. The molecule has 8 heteroatoms. The Labute approximate surface area is 166 Å². The second-order valence-electron chi connectivity index (χ2n) is 6.05. The van der Waals surface area contributed by atoms with Gasteiger partial charge in [0.05, 0.1) is 12.0 Å². The van der Waals surface area contributed by atoms with Crippen LogP contribution in [-0.2, 0) is 11.2 Å². The van der Waals surface area contributed by atoms with E-state index >= 15 is 0 Å². The van der Waals surface area contributed by atoms with Crippen molar-refractivity contribution in [1.82, 2.24) is 19.5 Å². The monoisotopic (exact) mass is 393 g/mol. The van der Waals surface area contributed by atoms with Gasteiger partial charge < -0.3 is 9.73 Å². The highest BCUT2D eigenvalue weighted by atomic mass is 32.2. The van der Waals surface area contributed by atoms with E-state index < -0.39 is 0 Å². The van der Waals surface area contributed by atoms with Crippen LogP contribution in [0.3, 0.4) is 0 Å². The molecule has 1 amide bonds. The summed E-state index contributed by atoms with van der Waals surface area (Å²) in [5.74, 6) is 1.29. The average molecular weight is 393 g/mol. The van der Waals surface area contributed by atoms with Crippen molar-refractivity contribution >= 4 is 23.4 Å². The van der Waals surface area contributed by atoms with Crippen molar-refractivity contribution in [3.05, 3.63) is 72.8 Å². The third kappa shape index (κ3) is 3.86. The summed E-state index contributed by atoms with van der Waals surface area (Å²) in [4.78, 5) is 12.4. The number of aryl methyl sites for hydroxylation is 1. The van der Waals surface area contributed by atoms with Crippen molar-refractivity contribution in [3.63, 3.8) is 0 Å². The molecule has 0 aliphatic carbocycles. The minimum absolute atomic E-state index is 0.101. The number of thioether (sulfide) groups is 1. The Morgan fingerprint density at radius 3 is 2.57 bits per heavy atom. The first-order chi connectivity index (χ1) is 13.7. The minimum Gasteiger partial charge on any atom is -0.461 e. The summed E-state index contributed by atoms with van der Waals surface area (Å²) in [6.07, 6.45) is 6.33. The molecule has 0 fully saturated rings. The third-order valence-corrected chi connectivity index (χ3v) is 5.07. The van der Waals surface area contributed by atoms with Crippen LogP contribution in [0.1, 0.15) is 12.5 Å². The standard InChI is InChI=1S/C20H19N5O2S/c1-2-15-7-9-16(10-8-15)21-18(26)14-28-20-23-22-19(17-6-5-13-27-17)25(20)24-11-3-4-12-24/h3-13H,2,14H2,1H3,(H,21,26). The lowest BCUT2D eigenvalue weighted by atomic mass is 10.1. The highest BCUT2D eigenvalue weighted by Gasteiger charge is 2.18. The van der Waals surface area contributed by atoms with Crippen LogP contribution < -0.4 is 5.32 Å². The Hall–Kier alpha value is -3.26. The van der Waals surface area contributed by atoms with Gasteiger partial charge in [-0.15, -0.1) is 10.2 Å². The van der Waals surface area contributed by atoms with E-state index in [2.05, 4.69) is 22.4 Å². The van der Waals surface area contributed by atoms with Gasteiger partial charge in [0.25, 0.3) is 0 Å². The van der Waals surface area contributed by atoms with Gasteiger partial charge in [-0.2, -0.15) is 0 Å². The molecular weight excluding hydrogens is 374 g/mol. The zero-order valence-corrected chi connectivity index (χ0v) is 16.1. The molecule has 4 rings (SSSR count). The lowest BCUT2D eigenvalue weighted by Gasteiger charge is -2.10. The van der Waals surface area contributed by atoms with Crippen molar-refractivity contribution in [1.29, 1.82) is 0 Å². The van der Waals surface area contributed by atoms with E-state index in [-0.39, 0.29) is 11.7 Å². The van der Waals surface area contributed by atoms with Gasteiger partial charge in [-0.1, -0.05) is 30.8 Å². The molecule has 3 aromatic heterocycles. The summed E-state index contributed by atoms with van der Waals surface area (Å²) in [7, 11) is 0. The van der Waals surface area contributed by atoms with Crippen LogP contribution in [0, 0.1) is 0 Å². The van der Waals surface area contributed by atoms with Gasteiger partial charge in [-0.3, -0.25) is 9.47 Å². The fraction of sp³-hybridized carbons (Fsp3) is 0.150. The van der Waals surface area contributed by atoms with E-state index in [0.717, 1.165) is 12.1 Å². The Kier molecular flexibility index (Phi) is 5.29. The van der Waals surface area contributed by atoms with Gasteiger partial charge in [0.1, 0.15) is 0 Å². The van der Waals surface area contributed by atoms with Crippen molar-refractivity contribution in [2.45, 2.75) is 18.5 Å². The Balaban J connectivity index is 1.49. The molecule has 7 nitrogen and oxygen atoms in total. The molecule has 0 saturated carbocycles. The molecule has 1 aromatic carbocycles. The maximum absolute atomic E-state index is 12.4. The zero-order chi connectivity index (χ0) is 19.3. The van der Waals surface area contributed by atoms with Gasteiger partial charge >= 0.3 is 0 Å². The Morgan fingerprint density at radius 2 is 1.89 bits per heavy atom. The summed E-state index contributed by atoms with van der Waals surface area (Å²) >= 11 is 1.31. The molecule has 28 heavy (non-hydrogen) atoms.